The van der Waals surface area contributed by atoms with Crippen LogP contribution in [0.4, 0.5) is 11.8 Å². The van der Waals surface area contributed by atoms with Crippen molar-refractivity contribution >= 4 is 23.4 Å². The lowest BCUT2D eigenvalue weighted by Gasteiger charge is -2.05. The van der Waals surface area contributed by atoms with Crippen LogP contribution in [0, 0.1) is 12.3 Å². The van der Waals surface area contributed by atoms with Gasteiger partial charge in [-0.05, 0) is 12.8 Å². The van der Waals surface area contributed by atoms with E-state index in [1.54, 1.807) is 6.07 Å². The molecular formula is C10H13ClN4. The van der Waals surface area contributed by atoms with Crippen molar-refractivity contribution in [2.24, 2.45) is 0 Å². The van der Waals surface area contributed by atoms with E-state index < -0.39 is 0 Å². The van der Waals surface area contributed by atoms with Crippen LogP contribution in [-0.4, -0.2) is 16.5 Å². The number of aromatic nitrogens is 2. The molecule has 1 heterocycles. The Labute approximate surface area is 94.3 Å². The zero-order valence-electron chi connectivity index (χ0n) is 8.33. The van der Waals surface area contributed by atoms with E-state index in [1.807, 2.05) is 0 Å². The van der Waals surface area contributed by atoms with E-state index in [-0.39, 0.29) is 5.95 Å². The number of anilines is 2. The lowest BCUT2D eigenvalue weighted by molar-refractivity contribution is 0.787. The first-order valence-electron chi connectivity index (χ1n) is 4.70. The fraction of sp³-hybridized carbons (Fsp3) is 0.400. The molecule has 0 unspecified atom stereocenters. The summed E-state index contributed by atoms with van der Waals surface area (Å²) in [6, 6.07) is 1.64. The quantitative estimate of drug-likeness (QED) is 0.456. The Hall–Kier alpha value is -1.47. The summed E-state index contributed by atoms with van der Waals surface area (Å²) in [6.07, 6.45) is 7.93. The second-order valence-electron chi connectivity index (χ2n) is 3.02. The summed E-state index contributed by atoms with van der Waals surface area (Å²) in [4.78, 5) is 7.74. The number of hydrogen-bond acceptors (Lipinski definition) is 4. The van der Waals surface area contributed by atoms with Gasteiger partial charge in [-0.3, -0.25) is 0 Å². The average Bonchev–Trinajstić information content (AvgIpc) is 2.16. The molecule has 0 spiro atoms. The maximum absolute atomic E-state index is 5.72. The first-order chi connectivity index (χ1) is 7.22. The van der Waals surface area contributed by atoms with Gasteiger partial charge in [0.15, 0.2) is 0 Å². The molecule has 5 heteroatoms. The van der Waals surface area contributed by atoms with Gasteiger partial charge >= 0.3 is 0 Å². The Bertz CT molecular complexity index is 339. The minimum atomic E-state index is 0.175. The van der Waals surface area contributed by atoms with Crippen LogP contribution in [0.2, 0.25) is 5.15 Å². The summed E-state index contributed by atoms with van der Waals surface area (Å²) in [5, 5.41) is 3.44. The summed E-state index contributed by atoms with van der Waals surface area (Å²) in [5.41, 5.74) is 5.44. The first kappa shape index (κ1) is 11.6. The monoisotopic (exact) mass is 224 g/mol. The number of nitrogens with zero attached hydrogens (tertiary/aromatic N) is 2. The van der Waals surface area contributed by atoms with Crippen molar-refractivity contribution in [3.63, 3.8) is 0 Å². The Morgan fingerprint density at radius 1 is 1.47 bits per heavy atom. The number of nitrogens with one attached hydrogen (secondary N) is 1. The predicted molar refractivity (Wildman–Crippen MR) is 62.6 cm³/mol. The third-order valence-corrected chi connectivity index (χ3v) is 1.96. The van der Waals surface area contributed by atoms with Gasteiger partial charge in [0.05, 0.1) is 0 Å². The molecule has 80 valence electrons. The predicted octanol–water partition coefficient (Wildman–Crippen LogP) is 1.93. The minimum Gasteiger partial charge on any atom is -0.370 e. The molecule has 1 aromatic rings. The number of nitrogen functional groups attached to an aromatic ring is 1. The van der Waals surface area contributed by atoms with Crippen molar-refractivity contribution in [1.29, 1.82) is 0 Å². The molecule has 0 radical (unpaired) electrons. The molecule has 0 aromatic carbocycles. The van der Waals surface area contributed by atoms with E-state index in [9.17, 15) is 0 Å². The van der Waals surface area contributed by atoms with Crippen LogP contribution in [0.15, 0.2) is 6.07 Å². The fourth-order valence-corrected chi connectivity index (χ4v) is 1.28. The minimum absolute atomic E-state index is 0.175. The number of unbranched alkanes of at least 4 members (excludes halogenated alkanes) is 2. The largest absolute Gasteiger partial charge is 0.370 e. The molecule has 0 atom stereocenters. The Morgan fingerprint density at radius 3 is 2.93 bits per heavy atom. The smallest absolute Gasteiger partial charge is 0.223 e. The number of terminal acetylenes is 1. The third kappa shape index (κ3) is 4.52. The van der Waals surface area contributed by atoms with Crippen LogP contribution < -0.4 is 11.1 Å². The van der Waals surface area contributed by atoms with Crippen molar-refractivity contribution in [2.45, 2.75) is 19.3 Å². The van der Waals surface area contributed by atoms with Gasteiger partial charge in [0.1, 0.15) is 11.0 Å². The van der Waals surface area contributed by atoms with E-state index in [1.165, 1.54) is 0 Å². The summed E-state index contributed by atoms with van der Waals surface area (Å²) in [6.45, 7) is 0.800. The van der Waals surface area contributed by atoms with Crippen molar-refractivity contribution < 1.29 is 0 Å². The highest BCUT2D eigenvalue weighted by Crippen LogP contribution is 2.12. The van der Waals surface area contributed by atoms with Crippen LogP contribution in [0.25, 0.3) is 0 Å². The zero-order valence-corrected chi connectivity index (χ0v) is 9.09. The van der Waals surface area contributed by atoms with Crippen molar-refractivity contribution in [2.75, 3.05) is 17.6 Å². The molecule has 0 saturated heterocycles. The molecule has 0 fully saturated rings. The topological polar surface area (TPSA) is 63.8 Å². The molecule has 0 aliphatic carbocycles. The summed E-state index contributed by atoms with van der Waals surface area (Å²) in [7, 11) is 0. The molecule has 3 N–H and O–H groups in total. The third-order valence-electron chi connectivity index (χ3n) is 1.77. The van der Waals surface area contributed by atoms with Crippen LogP contribution in [0.5, 0.6) is 0 Å². The van der Waals surface area contributed by atoms with Gasteiger partial charge in [-0.25, -0.2) is 4.98 Å². The van der Waals surface area contributed by atoms with Gasteiger partial charge in [0, 0.05) is 19.0 Å². The molecular weight excluding hydrogens is 212 g/mol. The Morgan fingerprint density at radius 2 is 2.27 bits per heavy atom. The maximum Gasteiger partial charge on any atom is 0.223 e. The molecule has 0 saturated carbocycles. The van der Waals surface area contributed by atoms with Gasteiger partial charge in [-0.1, -0.05) is 11.6 Å². The highest BCUT2D eigenvalue weighted by atomic mass is 35.5. The second kappa shape index (κ2) is 6.10. The van der Waals surface area contributed by atoms with E-state index >= 15 is 0 Å². The van der Waals surface area contributed by atoms with Crippen LogP contribution >= 0.6 is 11.6 Å². The van der Waals surface area contributed by atoms with Gasteiger partial charge in [-0.15, -0.1) is 12.3 Å². The van der Waals surface area contributed by atoms with E-state index in [0.717, 1.165) is 25.8 Å². The molecule has 0 aliphatic heterocycles. The highest BCUT2D eigenvalue weighted by molar-refractivity contribution is 6.29. The van der Waals surface area contributed by atoms with Crippen LogP contribution in [0.3, 0.4) is 0 Å². The molecule has 1 rings (SSSR count). The van der Waals surface area contributed by atoms with E-state index in [0.29, 0.717) is 11.0 Å². The van der Waals surface area contributed by atoms with Crippen molar-refractivity contribution in [1.82, 2.24) is 9.97 Å². The van der Waals surface area contributed by atoms with Gasteiger partial charge in [0.2, 0.25) is 5.95 Å². The summed E-state index contributed by atoms with van der Waals surface area (Å²) >= 11 is 5.72. The zero-order chi connectivity index (χ0) is 11.1. The molecule has 4 nitrogen and oxygen atoms in total. The van der Waals surface area contributed by atoms with Gasteiger partial charge in [0.25, 0.3) is 0 Å². The van der Waals surface area contributed by atoms with Crippen LogP contribution in [-0.2, 0) is 0 Å². The highest BCUT2D eigenvalue weighted by Gasteiger charge is 1.98. The van der Waals surface area contributed by atoms with Crippen molar-refractivity contribution in [3.05, 3.63) is 11.2 Å². The molecule has 0 amide bonds. The standard InChI is InChI=1S/C10H13ClN4/c1-2-3-4-5-6-13-9-7-8(11)14-10(12)15-9/h1,7H,3-6H2,(H3,12,13,14,15). The number of hydrogen-bond donors (Lipinski definition) is 2. The van der Waals surface area contributed by atoms with Crippen LogP contribution in [0.1, 0.15) is 19.3 Å². The molecule has 0 aliphatic rings. The maximum atomic E-state index is 5.72. The van der Waals surface area contributed by atoms with Crippen molar-refractivity contribution in [3.8, 4) is 12.3 Å². The Kier molecular flexibility index (Phi) is 4.72. The Balaban J connectivity index is 2.34. The lowest BCUT2D eigenvalue weighted by atomic mass is 10.2. The lowest BCUT2D eigenvalue weighted by Crippen LogP contribution is -2.05. The normalized spacial score (nSPS) is 9.60. The fourth-order valence-electron chi connectivity index (χ4n) is 1.09. The van der Waals surface area contributed by atoms with Gasteiger partial charge in [-0.2, -0.15) is 4.98 Å². The summed E-state index contributed by atoms with van der Waals surface area (Å²) in [5.74, 6) is 3.41. The number of rotatable bonds is 5. The van der Waals surface area contributed by atoms with E-state index in [4.69, 9.17) is 23.8 Å². The van der Waals surface area contributed by atoms with Gasteiger partial charge < -0.3 is 11.1 Å². The molecule has 0 bridgehead atoms. The SMILES string of the molecule is C#CCCCCNc1cc(Cl)nc(N)n1. The molecule has 15 heavy (non-hydrogen) atoms. The second-order valence-corrected chi connectivity index (χ2v) is 3.41. The van der Waals surface area contributed by atoms with E-state index in [2.05, 4.69) is 21.2 Å². The first-order valence-corrected chi connectivity index (χ1v) is 5.07. The molecule has 1 aromatic heterocycles. The number of nitrogens with two attached hydrogens (primary N) is 1. The summed E-state index contributed by atoms with van der Waals surface area (Å²) < 4.78 is 0. The average molecular weight is 225 g/mol. The number of halogens is 1.